The summed E-state index contributed by atoms with van der Waals surface area (Å²) < 4.78 is 10.7. The molecule has 150 valence electrons. The molecule has 7 heteroatoms. The van der Waals surface area contributed by atoms with Crippen molar-refractivity contribution in [2.24, 2.45) is 0 Å². The fraction of sp³-hybridized carbons (Fsp3) is 0.429. The third-order valence-corrected chi connectivity index (χ3v) is 6.51. The van der Waals surface area contributed by atoms with Crippen molar-refractivity contribution in [3.8, 4) is 5.75 Å². The number of para-hydroxylation sites is 1. The van der Waals surface area contributed by atoms with Crippen molar-refractivity contribution in [1.29, 1.82) is 0 Å². The summed E-state index contributed by atoms with van der Waals surface area (Å²) in [6, 6.07) is 11.2. The Bertz CT molecular complexity index is 808. The standard InChI is InChI=1S/C21H26N2O4S/c1-4-18-20(25)23(21(28-18)15-9-5-6-10-16(15)26-3)13-8-12-22(2)19(24)17-11-7-14-27-17/h5-7,9-11,14,18,21H,4,8,12-13H2,1-3H3. The second-order valence-corrected chi connectivity index (χ2v) is 8.00. The molecule has 0 radical (unpaired) electrons. The van der Waals surface area contributed by atoms with Crippen LogP contribution in [0.2, 0.25) is 0 Å². The van der Waals surface area contributed by atoms with Crippen LogP contribution in [0.5, 0.6) is 5.75 Å². The molecular formula is C21H26N2O4S. The molecule has 0 aliphatic carbocycles. The summed E-state index contributed by atoms with van der Waals surface area (Å²) in [5, 5.41) is -0.114. The Kier molecular flexibility index (Phi) is 6.67. The van der Waals surface area contributed by atoms with Crippen LogP contribution in [-0.4, -0.2) is 54.1 Å². The van der Waals surface area contributed by atoms with Crippen molar-refractivity contribution in [3.63, 3.8) is 0 Å². The van der Waals surface area contributed by atoms with Gasteiger partial charge in [0.15, 0.2) is 5.76 Å². The lowest BCUT2D eigenvalue weighted by atomic mass is 10.1. The van der Waals surface area contributed by atoms with Crippen molar-refractivity contribution in [2.75, 3.05) is 27.2 Å². The Morgan fingerprint density at radius 2 is 2.07 bits per heavy atom. The van der Waals surface area contributed by atoms with Gasteiger partial charge in [-0.3, -0.25) is 9.59 Å². The predicted molar refractivity (Wildman–Crippen MR) is 109 cm³/mol. The average Bonchev–Trinajstić information content (AvgIpc) is 3.36. The minimum absolute atomic E-state index is 0.0441. The number of furan rings is 1. The third-order valence-electron chi connectivity index (χ3n) is 4.88. The van der Waals surface area contributed by atoms with Crippen LogP contribution in [0.1, 0.15) is 41.3 Å². The Morgan fingerprint density at radius 1 is 1.29 bits per heavy atom. The highest BCUT2D eigenvalue weighted by Crippen LogP contribution is 2.46. The van der Waals surface area contributed by atoms with E-state index in [0.29, 0.717) is 25.3 Å². The van der Waals surface area contributed by atoms with Crippen molar-refractivity contribution in [3.05, 3.63) is 54.0 Å². The van der Waals surface area contributed by atoms with Gasteiger partial charge >= 0.3 is 0 Å². The van der Waals surface area contributed by atoms with Crippen molar-refractivity contribution < 1.29 is 18.7 Å². The lowest BCUT2D eigenvalue weighted by molar-refractivity contribution is -0.130. The highest BCUT2D eigenvalue weighted by atomic mass is 32.2. The van der Waals surface area contributed by atoms with E-state index in [1.165, 1.54) is 6.26 Å². The first kappa shape index (κ1) is 20.3. The maximum atomic E-state index is 12.9. The number of ether oxygens (including phenoxy) is 1. The summed E-state index contributed by atoms with van der Waals surface area (Å²) in [7, 11) is 3.40. The molecule has 1 saturated heterocycles. The van der Waals surface area contributed by atoms with Gasteiger partial charge in [0.2, 0.25) is 5.91 Å². The zero-order valence-corrected chi connectivity index (χ0v) is 17.3. The summed E-state index contributed by atoms with van der Waals surface area (Å²) in [5.41, 5.74) is 1.01. The van der Waals surface area contributed by atoms with Crippen LogP contribution in [-0.2, 0) is 4.79 Å². The summed E-state index contributed by atoms with van der Waals surface area (Å²) in [6.07, 6.45) is 2.98. The van der Waals surface area contributed by atoms with E-state index in [0.717, 1.165) is 17.7 Å². The Hall–Kier alpha value is -2.41. The van der Waals surface area contributed by atoms with Gasteiger partial charge in [0.1, 0.15) is 11.1 Å². The Morgan fingerprint density at radius 3 is 2.75 bits per heavy atom. The zero-order chi connectivity index (χ0) is 20.1. The number of hydrogen-bond donors (Lipinski definition) is 0. The molecule has 3 rings (SSSR count). The van der Waals surface area contributed by atoms with Crippen LogP contribution in [0.3, 0.4) is 0 Å². The minimum atomic E-state index is -0.153. The van der Waals surface area contributed by atoms with Gasteiger partial charge in [-0.2, -0.15) is 0 Å². The lowest BCUT2D eigenvalue weighted by Crippen LogP contribution is -2.35. The van der Waals surface area contributed by atoms with Crippen LogP contribution in [0.15, 0.2) is 47.1 Å². The molecule has 1 aliphatic rings. The second-order valence-electron chi connectivity index (χ2n) is 6.72. The highest BCUT2D eigenvalue weighted by molar-refractivity contribution is 8.01. The summed E-state index contributed by atoms with van der Waals surface area (Å²) in [6.45, 7) is 3.17. The molecule has 2 aromatic rings. The largest absolute Gasteiger partial charge is 0.496 e. The summed E-state index contributed by atoms with van der Waals surface area (Å²) in [5.74, 6) is 1.12. The van der Waals surface area contributed by atoms with E-state index in [1.807, 2.05) is 36.1 Å². The number of rotatable bonds is 8. The second kappa shape index (κ2) is 9.19. The third kappa shape index (κ3) is 4.19. The maximum Gasteiger partial charge on any atom is 0.289 e. The molecule has 0 spiro atoms. The smallest absolute Gasteiger partial charge is 0.289 e. The van der Waals surface area contributed by atoms with E-state index >= 15 is 0 Å². The molecular weight excluding hydrogens is 376 g/mol. The number of methoxy groups -OCH3 is 1. The van der Waals surface area contributed by atoms with Gasteiger partial charge in [-0.25, -0.2) is 0 Å². The van der Waals surface area contributed by atoms with Crippen molar-refractivity contribution >= 4 is 23.6 Å². The first-order valence-electron chi connectivity index (χ1n) is 9.44. The normalized spacial score (nSPS) is 19.1. The average molecular weight is 403 g/mol. The van der Waals surface area contributed by atoms with E-state index in [4.69, 9.17) is 9.15 Å². The number of hydrogen-bond acceptors (Lipinski definition) is 5. The van der Waals surface area contributed by atoms with Gasteiger partial charge in [-0.15, -0.1) is 11.8 Å². The molecule has 1 aliphatic heterocycles. The molecule has 28 heavy (non-hydrogen) atoms. The lowest BCUT2D eigenvalue weighted by Gasteiger charge is -2.26. The molecule has 2 amide bonds. The first-order chi connectivity index (χ1) is 13.6. The van der Waals surface area contributed by atoms with Crippen LogP contribution >= 0.6 is 11.8 Å². The molecule has 2 heterocycles. The van der Waals surface area contributed by atoms with Crippen molar-refractivity contribution in [2.45, 2.75) is 30.4 Å². The molecule has 1 aromatic carbocycles. The maximum absolute atomic E-state index is 12.9. The first-order valence-corrected chi connectivity index (χ1v) is 10.4. The van der Waals surface area contributed by atoms with Gasteiger partial charge in [-0.1, -0.05) is 25.1 Å². The number of carbonyl (C=O) groups is 2. The van der Waals surface area contributed by atoms with E-state index in [9.17, 15) is 9.59 Å². The predicted octanol–water partition coefficient (Wildman–Crippen LogP) is 3.80. The molecule has 0 saturated carbocycles. The fourth-order valence-electron chi connectivity index (χ4n) is 3.37. The van der Waals surface area contributed by atoms with Gasteiger partial charge in [0.25, 0.3) is 5.91 Å². The molecule has 6 nitrogen and oxygen atoms in total. The van der Waals surface area contributed by atoms with Gasteiger partial charge in [0.05, 0.1) is 18.6 Å². The molecule has 2 unspecified atom stereocenters. The minimum Gasteiger partial charge on any atom is -0.496 e. The summed E-state index contributed by atoms with van der Waals surface area (Å²) >= 11 is 1.67. The van der Waals surface area contributed by atoms with E-state index < -0.39 is 0 Å². The number of thioether (sulfide) groups is 1. The van der Waals surface area contributed by atoms with Gasteiger partial charge in [0, 0.05) is 25.7 Å². The van der Waals surface area contributed by atoms with Crippen LogP contribution in [0.4, 0.5) is 0 Å². The number of amides is 2. The van der Waals surface area contributed by atoms with Crippen molar-refractivity contribution in [1.82, 2.24) is 9.80 Å². The Balaban J connectivity index is 1.67. The molecule has 2 atom stereocenters. The highest BCUT2D eigenvalue weighted by Gasteiger charge is 2.40. The van der Waals surface area contributed by atoms with Crippen LogP contribution in [0.25, 0.3) is 0 Å². The topological polar surface area (TPSA) is 63.0 Å². The monoisotopic (exact) mass is 402 g/mol. The van der Waals surface area contributed by atoms with Crippen LogP contribution in [0, 0.1) is 0 Å². The van der Waals surface area contributed by atoms with Crippen LogP contribution < -0.4 is 4.74 Å². The van der Waals surface area contributed by atoms with E-state index in [2.05, 4.69) is 0 Å². The van der Waals surface area contributed by atoms with Gasteiger partial charge in [-0.05, 0) is 31.0 Å². The number of nitrogens with zero attached hydrogens (tertiary/aromatic N) is 2. The number of benzene rings is 1. The van der Waals surface area contributed by atoms with Gasteiger partial charge < -0.3 is 19.0 Å². The molecule has 0 bridgehead atoms. The number of carbonyl (C=O) groups excluding carboxylic acids is 2. The fourth-order valence-corrected chi connectivity index (χ4v) is 4.82. The van der Waals surface area contributed by atoms with E-state index in [-0.39, 0.29) is 22.4 Å². The Labute approximate surface area is 169 Å². The molecule has 0 N–H and O–H groups in total. The zero-order valence-electron chi connectivity index (χ0n) is 16.5. The molecule has 1 aromatic heterocycles. The SMILES string of the molecule is CCC1SC(c2ccccc2OC)N(CCCN(C)C(=O)c2ccco2)C1=O. The quantitative estimate of drug-likeness (QED) is 0.672. The summed E-state index contributed by atoms with van der Waals surface area (Å²) in [4.78, 5) is 28.7. The van der Waals surface area contributed by atoms with E-state index in [1.54, 1.807) is 43.0 Å². The molecule has 1 fully saturated rings.